The summed E-state index contributed by atoms with van der Waals surface area (Å²) in [5.41, 5.74) is 10.8. The predicted octanol–water partition coefficient (Wildman–Crippen LogP) is 4.91. The van der Waals surface area contributed by atoms with Crippen LogP contribution in [0.4, 0.5) is 0 Å². The molecule has 2 N–H and O–H groups in total. The van der Waals surface area contributed by atoms with Gasteiger partial charge in [-0.15, -0.1) is 0 Å². The number of hydrogen-bond donors (Lipinski definition) is 1. The Kier molecular flexibility index (Phi) is 4.16. The molecular formula is C19H29N. The molecule has 0 saturated heterocycles. The monoisotopic (exact) mass is 271 g/mol. The van der Waals surface area contributed by atoms with E-state index in [0.29, 0.717) is 5.92 Å². The van der Waals surface area contributed by atoms with Gasteiger partial charge in [0.25, 0.3) is 0 Å². The molecule has 0 amide bonds. The minimum Gasteiger partial charge on any atom is -0.324 e. The Labute approximate surface area is 124 Å². The van der Waals surface area contributed by atoms with Crippen LogP contribution in [0.25, 0.3) is 0 Å². The van der Waals surface area contributed by atoms with Crippen molar-refractivity contribution in [1.82, 2.24) is 0 Å². The normalized spacial score (nSPS) is 31.6. The Balaban J connectivity index is 1.74. The molecule has 0 radical (unpaired) electrons. The minimum absolute atomic E-state index is 0.248. The zero-order valence-electron chi connectivity index (χ0n) is 13.1. The summed E-state index contributed by atoms with van der Waals surface area (Å²) in [5, 5.41) is 0. The van der Waals surface area contributed by atoms with E-state index in [2.05, 4.69) is 32.0 Å². The highest BCUT2D eigenvalue weighted by Crippen LogP contribution is 2.45. The highest BCUT2D eigenvalue weighted by atomic mass is 14.7. The molecule has 1 aromatic rings. The molecular weight excluding hydrogens is 242 g/mol. The Morgan fingerprint density at radius 2 is 1.75 bits per heavy atom. The summed E-state index contributed by atoms with van der Waals surface area (Å²) in [6.07, 6.45) is 10.0. The summed E-state index contributed by atoms with van der Waals surface area (Å²) in [7, 11) is 0. The molecule has 110 valence electrons. The van der Waals surface area contributed by atoms with Gasteiger partial charge in [-0.25, -0.2) is 0 Å². The molecule has 2 fully saturated rings. The second-order valence-electron chi connectivity index (χ2n) is 7.26. The third-order valence-corrected chi connectivity index (χ3v) is 5.88. The number of nitrogens with two attached hydrogens (primary N) is 1. The Bertz CT molecular complexity index is 465. The molecule has 0 bridgehead atoms. The molecule has 4 atom stereocenters. The largest absolute Gasteiger partial charge is 0.324 e. The van der Waals surface area contributed by atoms with Crippen LogP contribution >= 0.6 is 0 Å². The fourth-order valence-corrected chi connectivity index (χ4v) is 4.61. The summed E-state index contributed by atoms with van der Waals surface area (Å²) >= 11 is 0. The van der Waals surface area contributed by atoms with Gasteiger partial charge in [0.05, 0.1) is 0 Å². The van der Waals surface area contributed by atoms with Crippen LogP contribution in [0, 0.1) is 31.6 Å². The van der Waals surface area contributed by atoms with Gasteiger partial charge in [-0.3, -0.25) is 0 Å². The van der Waals surface area contributed by atoms with E-state index < -0.39 is 0 Å². The van der Waals surface area contributed by atoms with E-state index in [4.69, 9.17) is 5.73 Å². The number of fused-ring (bicyclic) bond motifs is 1. The van der Waals surface area contributed by atoms with Gasteiger partial charge in [0.1, 0.15) is 0 Å². The van der Waals surface area contributed by atoms with E-state index in [1.54, 1.807) is 0 Å². The molecule has 0 spiro atoms. The molecule has 1 aromatic carbocycles. The van der Waals surface area contributed by atoms with Crippen molar-refractivity contribution in [2.24, 2.45) is 23.5 Å². The second kappa shape index (κ2) is 5.89. The number of aryl methyl sites for hydroxylation is 2. The number of rotatable bonds is 2. The molecule has 1 nitrogen and oxygen atoms in total. The summed E-state index contributed by atoms with van der Waals surface area (Å²) in [5.74, 6) is 2.69. The topological polar surface area (TPSA) is 26.0 Å². The van der Waals surface area contributed by atoms with Gasteiger partial charge >= 0.3 is 0 Å². The molecule has 0 aliphatic heterocycles. The van der Waals surface area contributed by atoms with E-state index in [9.17, 15) is 0 Å². The minimum atomic E-state index is 0.248. The van der Waals surface area contributed by atoms with Crippen LogP contribution in [0.3, 0.4) is 0 Å². The molecule has 20 heavy (non-hydrogen) atoms. The van der Waals surface area contributed by atoms with Crippen LogP contribution in [-0.2, 0) is 0 Å². The van der Waals surface area contributed by atoms with Gasteiger partial charge in [-0.05, 0) is 62.0 Å². The van der Waals surface area contributed by atoms with Gasteiger partial charge in [0.2, 0.25) is 0 Å². The maximum atomic E-state index is 6.66. The van der Waals surface area contributed by atoms with Crippen molar-refractivity contribution in [1.29, 1.82) is 0 Å². The van der Waals surface area contributed by atoms with Crippen LogP contribution in [0.1, 0.15) is 67.7 Å². The molecule has 2 aliphatic rings. The van der Waals surface area contributed by atoms with Gasteiger partial charge in [0.15, 0.2) is 0 Å². The van der Waals surface area contributed by atoms with Crippen molar-refractivity contribution >= 4 is 0 Å². The van der Waals surface area contributed by atoms with Crippen molar-refractivity contribution in [3.63, 3.8) is 0 Å². The fourth-order valence-electron chi connectivity index (χ4n) is 4.61. The zero-order chi connectivity index (χ0) is 14.1. The van der Waals surface area contributed by atoms with Gasteiger partial charge in [0, 0.05) is 6.04 Å². The standard InChI is InChI=1S/C19H29N/c1-13-7-8-14(2)18(11-13)19(20)17-10-9-15-5-3-4-6-16(15)12-17/h7-8,11,15-17,19H,3-6,9-10,12,20H2,1-2H3. The van der Waals surface area contributed by atoms with Gasteiger partial charge < -0.3 is 5.73 Å². The van der Waals surface area contributed by atoms with E-state index in [0.717, 1.165) is 11.8 Å². The lowest BCUT2D eigenvalue weighted by molar-refractivity contribution is 0.117. The third-order valence-electron chi connectivity index (χ3n) is 5.88. The first-order chi connectivity index (χ1) is 9.65. The summed E-state index contributed by atoms with van der Waals surface area (Å²) < 4.78 is 0. The van der Waals surface area contributed by atoms with Crippen molar-refractivity contribution in [3.05, 3.63) is 34.9 Å². The lowest BCUT2D eigenvalue weighted by Gasteiger charge is -2.41. The maximum Gasteiger partial charge on any atom is 0.0326 e. The van der Waals surface area contributed by atoms with Gasteiger partial charge in [-0.1, -0.05) is 49.4 Å². The highest BCUT2D eigenvalue weighted by Gasteiger charge is 2.34. The molecule has 2 aliphatic carbocycles. The van der Waals surface area contributed by atoms with E-state index in [1.165, 1.54) is 61.6 Å². The van der Waals surface area contributed by atoms with E-state index in [1.807, 2.05) is 0 Å². The first-order valence-electron chi connectivity index (χ1n) is 8.48. The molecule has 3 rings (SSSR count). The number of hydrogen-bond acceptors (Lipinski definition) is 1. The van der Waals surface area contributed by atoms with Crippen LogP contribution in [0.5, 0.6) is 0 Å². The average Bonchev–Trinajstić information content (AvgIpc) is 2.48. The lowest BCUT2D eigenvalue weighted by Crippen LogP contribution is -2.33. The van der Waals surface area contributed by atoms with E-state index in [-0.39, 0.29) is 6.04 Å². The lowest BCUT2D eigenvalue weighted by atomic mass is 9.65. The smallest absolute Gasteiger partial charge is 0.0326 e. The fraction of sp³-hybridized carbons (Fsp3) is 0.684. The highest BCUT2D eigenvalue weighted by molar-refractivity contribution is 5.33. The summed E-state index contributed by atoms with van der Waals surface area (Å²) in [4.78, 5) is 0. The van der Waals surface area contributed by atoms with Crippen LogP contribution in [0.2, 0.25) is 0 Å². The predicted molar refractivity (Wildman–Crippen MR) is 85.6 cm³/mol. The molecule has 0 heterocycles. The zero-order valence-corrected chi connectivity index (χ0v) is 13.1. The quantitative estimate of drug-likeness (QED) is 0.812. The second-order valence-corrected chi connectivity index (χ2v) is 7.26. The van der Waals surface area contributed by atoms with Crippen molar-refractivity contribution < 1.29 is 0 Å². The van der Waals surface area contributed by atoms with Crippen LogP contribution in [-0.4, -0.2) is 0 Å². The SMILES string of the molecule is Cc1ccc(C)c(C(N)C2CCC3CCCCC3C2)c1. The van der Waals surface area contributed by atoms with Crippen molar-refractivity contribution in [2.45, 2.75) is 64.8 Å². The maximum absolute atomic E-state index is 6.66. The first-order valence-corrected chi connectivity index (χ1v) is 8.48. The Morgan fingerprint density at radius 3 is 2.55 bits per heavy atom. The van der Waals surface area contributed by atoms with Crippen molar-refractivity contribution in [3.8, 4) is 0 Å². The molecule has 4 unspecified atom stereocenters. The van der Waals surface area contributed by atoms with Gasteiger partial charge in [-0.2, -0.15) is 0 Å². The average molecular weight is 271 g/mol. The van der Waals surface area contributed by atoms with E-state index >= 15 is 0 Å². The number of benzene rings is 1. The third kappa shape index (κ3) is 2.79. The van der Waals surface area contributed by atoms with Crippen molar-refractivity contribution in [2.75, 3.05) is 0 Å². The summed E-state index contributed by atoms with van der Waals surface area (Å²) in [6, 6.07) is 6.99. The Morgan fingerprint density at radius 1 is 1.00 bits per heavy atom. The first kappa shape index (κ1) is 14.1. The molecule has 0 aromatic heterocycles. The van der Waals surface area contributed by atoms with Crippen LogP contribution < -0.4 is 5.73 Å². The summed E-state index contributed by atoms with van der Waals surface area (Å²) in [6.45, 7) is 4.38. The molecule has 1 heteroatoms. The molecule has 2 saturated carbocycles. The van der Waals surface area contributed by atoms with Crippen LogP contribution in [0.15, 0.2) is 18.2 Å². The Hall–Kier alpha value is -0.820.